The van der Waals surface area contributed by atoms with Gasteiger partial charge in [0.2, 0.25) is 0 Å². The number of aliphatic hydroxyl groups excluding tert-OH is 1. The van der Waals surface area contributed by atoms with Gasteiger partial charge in [-0.3, -0.25) is 0 Å². The summed E-state index contributed by atoms with van der Waals surface area (Å²) in [6.07, 6.45) is -0.731. The number of aliphatic hydroxyl groups is 1. The molecule has 1 unspecified atom stereocenters. The fourth-order valence-corrected chi connectivity index (χ4v) is 2.09. The maximum atomic E-state index is 12.7. The molecule has 0 bridgehead atoms. The summed E-state index contributed by atoms with van der Waals surface area (Å²) < 4.78 is 18.9. The van der Waals surface area contributed by atoms with Crippen LogP contribution in [0.3, 0.4) is 0 Å². The van der Waals surface area contributed by atoms with Crippen molar-refractivity contribution in [2.45, 2.75) is 6.10 Å². The maximum Gasteiger partial charge on any atom is 0.123 e. The molecule has 0 saturated heterocycles. The van der Waals surface area contributed by atoms with Gasteiger partial charge in [-0.15, -0.1) is 0 Å². The Labute approximate surface area is 113 Å². The number of rotatable bonds is 4. The number of hydrogen-bond acceptors (Lipinski definition) is 2. The van der Waals surface area contributed by atoms with Crippen LogP contribution in [-0.4, -0.2) is 11.7 Å². The smallest absolute Gasteiger partial charge is 0.123 e. The third-order valence-electron chi connectivity index (χ3n) is 2.49. The van der Waals surface area contributed by atoms with Gasteiger partial charge in [-0.2, -0.15) is 0 Å². The van der Waals surface area contributed by atoms with Gasteiger partial charge in [-0.1, -0.05) is 34.1 Å². The van der Waals surface area contributed by atoms with Crippen LogP contribution < -0.4 is 4.74 Å². The monoisotopic (exact) mass is 310 g/mol. The Hall–Kier alpha value is -1.39. The summed E-state index contributed by atoms with van der Waals surface area (Å²) in [4.78, 5) is 0. The lowest BCUT2D eigenvalue weighted by Crippen LogP contribution is -2.10. The van der Waals surface area contributed by atoms with Crippen molar-refractivity contribution in [2.75, 3.05) is 6.61 Å². The highest BCUT2D eigenvalue weighted by atomic mass is 79.9. The van der Waals surface area contributed by atoms with Crippen LogP contribution in [-0.2, 0) is 0 Å². The quantitative estimate of drug-likeness (QED) is 0.933. The van der Waals surface area contributed by atoms with E-state index < -0.39 is 6.10 Å². The van der Waals surface area contributed by atoms with Gasteiger partial charge in [0.05, 0.1) is 0 Å². The van der Waals surface area contributed by atoms with Gasteiger partial charge in [0.15, 0.2) is 0 Å². The molecular weight excluding hydrogens is 299 g/mol. The molecule has 2 aromatic carbocycles. The average molecular weight is 311 g/mol. The average Bonchev–Trinajstić information content (AvgIpc) is 2.38. The van der Waals surface area contributed by atoms with Crippen molar-refractivity contribution >= 4 is 15.9 Å². The van der Waals surface area contributed by atoms with Crippen molar-refractivity contribution in [3.05, 3.63) is 64.4 Å². The highest BCUT2D eigenvalue weighted by Crippen LogP contribution is 2.24. The molecule has 0 saturated carbocycles. The molecule has 0 radical (unpaired) electrons. The lowest BCUT2D eigenvalue weighted by Gasteiger charge is -2.14. The first-order valence-corrected chi connectivity index (χ1v) is 6.27. The van der Waals surface area contributed by atoms with Gasteiger partial charge in [0.25, 0.3) is 0 Å². The van der Waals surface area contributed by atoms with E-state index in [9.17, 15) is 9.50 Å². The van der Waals surface area contributed by atoms with E-state index >= 15 is 0 Å². The minimum Gasteiger partial charge on any atom is -0.491 e. The predicted molar refractivity (Wildman–Crippen MR) is 71.0 cm³/mol. The molecule has 2 nitrogen and oxygen atoms in total. The van der Waals surface area contributed by atoms with Crippen molar-refractivity contribution in [2.24, 2.45) is 0 Å². The molecule has 0 aliphatic rings. The van der Waals surface area contributed by atoms with E-state index in [2.05, 4.69) is 15.9 Å². The maximum absolute atomic E-state index is 12.7. The fraction of sp³-hybridized carbons (Fsp3) is 0.143. The SMILES string of the molecule is OC(COc1ccc(F)cc1)c1ccccc1Br. The molecule has 0 heterocycles. The summed E-state index contributed by atoms with van der Waals surface area (Å²) in [5.41, 5.74) is 0.764. The largest absolute Gasteiger partial charge is 0.491 e. The van der Waals surface area contributed by atoms with Crippen LogP contribution in [0.2, 0.25) is 0 Å². The number of ether oxygens (including phenoxy) is 1. The molecule has 2 aromatic rings. The van der Waals surface area contributed by atoms with E-state index in [4.69, 9.17) is 4.74 Å². The van der Waals surface area contributed by atoms with Crippen LogP contribution in [0.5, 0.6) is 5.75 Å². The summed E-state index contributed by atoms with van der Waals surface area (Å²) in [6.45, 7) is 0.119. The van der Waals surface area contributed by atoms with Gasteiger partial charge in [-0.05, 0) is 35.9 Å². The lowest BCUT2D eigenvalue weighted by atomic mass is 10.1. The third kappa shape index (κ3) is 3.31. The van der Waals surface area contributed by atoms with E-state index in [-0.39, 0.29) is 12.4 Å². The lowest BCUT2D eigenvalue weighted by molar-refractivity contribution is 0.107. The summed E-state index contributed by atoms with van der Waals surface area (Å²) in [7, 11) is 0. The van der Waals surface area contributed by atoms with Gasteiger partial charge in [-0.25, -0.2) is 4.39 Å². The Morgan fingerprint density at radius 1 is 1.11 bits per heavy atom. The molecule has 4 heteroatoms. The molecule has 2 rings (SSSR count). The molecule has 0 aliphatic carbocycles. The second-order valence-corrected chi connectivity index (χ2v) is 4.66. The van der Waals surface area contributed by atoms with E-state index in [1.54, 1.807) is 0 Å². The highest BCUT2D eigenvalue weighted by molar-refractivity contribution is 9.10. The van der Waals surface area contributed by atoms with Crippen LogP contribution >= 0.6 is 15.9 Å². The molecule has 0 aromatic heterocycles. The van der Waals surface area contributed by atoms with Crippen LogP contribution in [0, 0.1) is 5.82 Å². The second-order valence-electron chi connectivity index (χ2n) is 3.80. The first-order valence-electron chi connectivity index (χ1n) is 5.47. The minimum atomic E-state index is -0.731. The summed E-state index contributed by atoms with van der Waals surface area (Å²) in [6, 6.07) is 13.1. The zero-order chi connectivity index (χ0) is 13.0. The number of halogens is 2. The van der Waals surface area contributed by atoms with E-state index in [0.717, 1.165) is 10.0 Å². The van der Waals surface area contributed by atoms with Crippen LogP contribution in [0.25, 0.3) is 0 Å². The zero-order valence-electron chi connectivity index (χ0n) is 9.51. The Morgan fingerprint density at radius 3 is 2.44 bits per heavy atom. The van der Waals surface area contributed by atoms with Gasteiger partial charge >= 0.3 is 0 Å². The van der Waals surface area contributed by atoms with E-state index in [1.807, 2.05) is 24.3 Å². The summed E-state index contributed by atoms with van der Waals surface area (Å²) >= 11 is 3.37. The molecule has 0 spiro atoms. The van der Waals surface area contributed by atoms with Crippen LogP contribution in [0.15, 0.2) is 53.0 Å². The molecule has 1 N–H and O–H groups in total. The first kappa shape index (κ1) is 13.1. The Bertz CT molecular complexity index is 513. The molecule has 18 heavy (non-hydrogen) atoms. The van der Waals surface area contributed by atoms with Gasteiger partial charge in [0.1, 0.15) is 24.3 Å². The Morgan fingerprint density at radius 2 is 1.78 bits per heavy atom. The van der Waals surface area contributed by atoms with Crippen molar-refractivity contribution < 1.29 is 14.2 Å². The Balaban J connectivity index is 1.98. The van der Waals surface area contributed by atoms with Crippen molar-refractivity contribution in [3.8, 4) is 5.75 Å². The van der Waals surface area contributed by atoms with Gasteiger partial charge in [0, 0.05) is 4.47 Å². The first-order chi connectivity index (χ1) is 8.66. The molecule has 0 aliphatic heterocycles. The van der Waals surface area contributed by atoms with Crippen molar-refractivity contribution in [1.29, 1.82) is 0 Å². The van der Waals surface area contributed by atoms with Crippen LogP contribution in [0.4, 0.5) is 4.39 Å². The fourth-order valence-electron chi connectivity index (χ4n) is 1.54. The summed E-state index contributed by atoms with van der Waals surface area (Å²) in [5, 5.41) is 9.99. The zero-order valence-corrected chi connectivity index (χ0v) is 11.1. The highest BCUT2D eigenvalue weighted by Gasteiger charge is 2.11. The Kier molecular flexibility index (Phi) is 4.33. The molecular formula is C14H12BrFO2. The van der Waals surface area contributed by atoms with Crippen molar-refractivity contribution in [1.82, 2.24) is 0 Å². The predicted octanol–water partition coefficient (Wildman–Crippen LogP) is 3.70. The second kappa shape index (κ2) is 5.98. The standard InChI is InChI=1S/C14H12BrFO2/c15-13-4-2-1-3-12(13)14(17)9-18-11-7-5-10(16)6-8-11/h1-8,14,17H,9H2. The van der Waals surface area contributed by atoms with Crippen LogP contribution in [0.1, 0.15) is 11.7 Å². The number of benzene rings is 2. The molecule has 94 valence electrons. The van der Waals surface area contributed by atoms with Gasteiger partial charge < -0.3 is 9.84 Å². The van der Waals surface area contributed by atoms with E-state index in [1.165, 1.54) is 24.3 Å². The normalized spacial score (nSPS) is 12.2. The number of hydrogen-bond donors (Lipinski definition) is 1. The molecule has 1 atom stereocenters. The molecule has 0 amide bonds. The molecule has 0 fully saturated rings. The minimum absolute atomic E-state index is 0.119. The third-order valence-corrected chi connectivity index (χ3v) is 3.21. The van der Waals surface area contributed by atoms with E-state index in [0.29, 0.717) is 5.75 Å². The topological polar surface area (TPSA) is 29.5 Å². The summed E-state index contributed by atoms with van der Waals surface area (Å²) in [5.74, 6) is 0.219. The van der Waals surface area contributed by atoms with Crippen molar-refractivity contribution in [3.63, 3.8) is 0 Å².